The summed E-state index contributed by atoms with van der Waals surface area (Å²) >= 11 is 0. The van der Waals surface area contributed by atoms with Gasteiger partial charge in [-0.3, -0.25) is 0 Å². The maximum Gasteiger partial charge on any atom is 0.0701 e. The second-order valence-corrected chi connectivity index (χ2v) is 11.5. The Morgan fingerprint density at radius 2 is 0.356 bits per heavy atom. The van der Waals surface area contributed by atoms with Gasteiger partial charge in [0.2, 0.25) is 0 Å². The van der Waals surface area contributed by atoms with Gasteiger partial charge < -0.3 is 42.6 Å². The number of unbranched alkanes of at least 4 members (excludes halogenated alkanes) is 14. The largest absolute Gasteiger partial charge is 0.379 e. The smallest absolute Gasteiger partial charge is 0.0701 e. The van der Waals surface area contributed by atoms with Crippen molar-refractivity contribution in [2.24, 2.45) is 0 Å². The summed E-state index contributed by atoms with van der Waals surface area (Å²) in [5, 5.41) is 0. The molecule has 0 amide bonds. The van der Waals surface area contributed by atoms with Gasteiger partial charge in [-0.25, -0.2) is 0 Å². The van der Waals surface area contributed by atoms with E-state index in [0.717, 1.165) is 32.5 Å². The van der Waals surface area contributed by atoms with Gasteiger partial charge in [0.05, 0.1) is 106 Å². The average molecular weight is 651 g/mol. The van der Waals surface area contributed by atoms with Crippen molar-refractivity contribution < 1.29 is 42.6 Å². The van der Waals surface area contributed by atoms with Gasteiger partial charge in [-0.1, -0.05) is 104 Å². The van der Waals surface area contributed by atoms with Gasteiger partial charge in [-0.15, -0.1) is 0 Å². The van der Waals surface area contributed by atoms with Gasteiger partial charge in [-0.2, -0.15) is 0 Å². The molecule has 0 saturated carbocycles. The highest BCUT2D eigenvalue weighted by Crippen LogP contribution is 2.13. The molecule has 0 aliphatic heterocycles. The predicted octanol–water partition coefficient (Wildman–Crippen LogP) is 7.42. The monoisotopic (exact) mass is 651 g/mol. The van der Waals surface area contributed by atoms with Gasteiger partial charge in [-0.05, 0) is 12.8 Å². The molecule has 0 spiro atoms. The Balaban J connectivity index is 3.03. The fourth-order valence-corrected chi connectivity index (χ4v) is 4.51. The lowest BCUT2D eigenvalue weighted by Crippen LogP contribution is -2.15. The molecule has 0 bridgehead atoms. The molecular formula is C36H74O9. The molecule has 45 heavy (non-hydrogen) atoms. The quantitative estimate of drug-likeness (QED) is 0.0627. The summed E-state index contributed by atoms with van der Waals surface area (Å²) in [5.74, 6) is 0. The van der Waals surface area contributed by atoms with Gasteiger partial charge >= 0.3 is 0 Å². The normalized spacial score (nSPS) is 11.6. The third-order valence-corrected chi connectivity index (χ3v) is 7.26. The molecule has 0 aromatic rings. The molecule has 0 aromatic carbocycles. The maximum absolute atomic E-state index is 5.68. The van der Waals surface area contributed by atoms with Crippen molar-refractivity contribution in [3.8, 4) is 0 Å². The SMILES string of the molecule is CCCCCCCCCCCCCCCCOCCOCCOCCOCCOCCOCCOCCOCCOCCCC. The van der Waals surface area contributed by atoms with E-state index in [-0.39, 0.29) is 0 Å². The first-order valence-corrected chi connectivity index (χ1v) is 18.6. The first-order valence-electron chi connectivity index (χ1n) is 18.6. The Morgan fingerprint density at radius 3 is 0.600 bits per heavy atom. The Kier molecular flexibility index (Phi) is 43.3. The fraction of sp³-hybridized carbons (Fsp3) is 1.00. The zero-order chi connectivity index (χ0) is 32.4. The van der Waals surface area contributed by atoms with E-state index >= 15 is 0 Å². The van der Waals surface area contributed by atoms with E-state index in [2.05, 4.69) is 13.8 Å². The van der Waals surface area contributed by atoms with E-state index in [4.69, 9.17) is 42.6 Å². The minimum absolute atomic E-state index is 0.543. The van der Waals surface area contributed by atoms with Crippen LogP contribution in [0.25, 0.3) is 0 Å². The summed E-state index contributed by atoms with van der Waals surface area (Å²) in [7, 11) is 0. The average Bonchev–Trinajstić information content (AvgIpc) is 3.05. The Hall–Kier alpha value is -0.360. The summed E-state index contributed by atoms with van der Waals surface area (Å²) < 4.78 is 49.6. The molecule has 0 radical (unpaired) electrons. The van der Waals surface area contributed by atoms with E-state index in [1.807, 2.05) is 0 Å². The molecular weight excluding hydrogens is 576 g/mol. The van der Waals surface area contributed by atoms with Crippen molar-refractivity contribution in [2.75, 3.05) is 119 Å². The first kappa shape index (κ1) is 44.6. The standard InChI is InChI=1S/C36H74O9/c1-3-5-7-8-9-10-11-12-13-14-15-16-17-18-20-38-22-24-40-26-28-42-30-32-44-34-36-45-35-33-43-31-29-41-27-25-39-23-21-37-19-6-4-2/h3-36H2,1-2H3. The maximum atomic E-state index is 5.68. The Morgan fingerprint density at radius 1 is 0.178 bits per heavy atom. The van der Waals surface area contributed by atoms with Crippen molar-refractivity contribution in [3.05, 3.63) is 0 Å². The van der Waals surface area contributed by atoms with Crippen LogP contribution in [0.4, 0.5) is 0 Å². The van der Waals surface area contributed by atoms with Crippen LogP contribution in [-0.2, 0) is 42.6 Å². The molecule has 0 aromatic heterocycles. The van der Waals surface area contributed by atoms with Crippen LogP contribution < -0.4 is 0 Å². The molecule has 0 unspecified atom stereocenters. The lowest BCUT2D eigenvalue weighted by molar-refractivity contribution is -0.0250. The van der Waals surface area contributed by atoms with Crippen LogP contribution in [-0.4, -0.2) is 119 Å². The molecule has 0 rings (SSSR count). The highest BCUT2D eigenvalue weighted by Gasteiger charge is 1.97. The van der Waals surface area contributed by atoms with E-state index in [1.54, 1.807) is 0 Å². The molecule has 0 atom stereocenters. The van der Waals surface area contributed by atoms with Crippen LogP contribution >= 0.6 is 0 Å². The van der Waals surface area contributed by atoms with Gasteiger partial charge in [0.1, 0.15) is 0 Å². The summed E-state index contributed by atoms with van der Waals surface area (Å²) in [6, 6.07) is 0. The van der Waals surface area contributed by atoms with Crippen LogP contribution in [0.5, 0.6) is 0 Å². The topological polar surface area (TPSA) is 83.1 Å². The number of hydrogen-bond donors (Lipinski definition) is 0. The first-order chi connectivity index (χ1) is 22.4. The van der Waals surface area contributed by atoms with E-state index in [1.165, 1.54) is 83.5 Å². The molecule has 0 saturated heterocycles. The summed E-state index contributed by atoms with van der Waals surface area (Å²) in [6.45, 7) is 15.3. The Bertz CT molecular complexity index is 457. The molecule has 0 heterocycles. The van der Waals surface area contributed by atoms with Gasteiger partial charge in [0.25, 0.3) is 0 Å². The zero-order valence-electron chi connectivity index (χ0n) is 29.7. The van der Waals surface area contributed by atoms with Crippen LogP contribution in [0.1, 0.15) is 117 Å². The molecule has 0 fully saturated rings. The van der Waals surface area contributed by atoms with Crippen LogP contribution in [0.15, 0.2) is 0 Å². The molecule has 0 aliphatic carbocycles. The van der Waals surface area contributed by atoms with Gasteiger partial charge in [0.15, 0.2) is 0 Å². The second-order valence-electron chi connectivity index (χ2n) is 11.5. The molecule has 9 nitrogen and oxygen atoms in total. The predicted molar refractivity (Wildman–Crippen MR) is 183 cm³/mol. The van der Waals surface area contributed by atoms with Crippen molar-refractivity contribution >= 4 is 0 Å². The number of rotatable bonds is 42. The van der Waals surface area contributed by atoms with E-state index < -0.39 is 0 Å². The van der Waals surface area contributed by atoms with Crippen LogP contribution in [0.2, 0.25) is 0 Å². The lowest BCUT2D eigenvalue weighted by Gasteiger charge is -2.09. The summed E-state index contributed by atoms with van der Waals surface area (Å²) in [4.78, 5) is 0. The van der Waals surface area contributed by atoms with Crippen molar-refractivity contribution in [3.63, 3.8) is 0 Å². The Labute approximate surface area is 278 Å². The zero-order valence-corrected chi connectivity index (χ0v) is 29.7. The second kappa shape index (κ2) is 43.6. The number of ether oxygens (including phenoxy) is 9. The van der Waals surface area contributed by atoms with E-state index in [0.29, 0.717) is 106 Å². The fourth-order valence-electron chi connectivity index (χ4n) is 4.51. The van der Waals surface area contributed by atoms with Gasteiger partial charge in [0, 0.05) is 13.2 Å². The lowest BCUT2D eigenvalue weighted by atomic mass is 10.0. The van der Waals surface area contributed by atoms with Crippen LogP contribution in [0.3, 0.4) is 0 Å². The molecule has 9 heteroatoms. The third kappa shape index (κ3) is 43.6. The van der Waals surface area contributed by atoms with E-state index in [9.17, 15) is 0 Å². The highest BCUT2D eigenvalue weighted by molar-refractivity contribution is 4.49. The summed E-state index contributed by atoms with van der Waals surface area (Å²) in [6.07, 6.45) is 21.6. The summed E-state index contributed by atoms with van der Waals surface area (Å²) in [5.41, 5.74) is 0. The van der Waals surface area contributed by atoms with Crippen molar-refractivity contribution in [1.82, 2.24) is 0 Å². The molecule has 0 N–H and O–H groups in total. The van der Waals surface area contributed by atoms with Crippen molar-refractivity contribution in [1.29, 1.82) is 0 Å². The minimum Gasteiger partial charge on any atom is -0.379 e. The van der Waals surface area contributed by atoms with Crippen molar-refractivity contribution in [2.45, 2.75) is 117 Å². The molecule has 0 aliphatic rings. The number of hydrogen-bond acceptors (Lipinski definition) is 9. The third-order valence-electron chi connectivity index (χ3n) is 7.26. The highest BCUT2D eigenvalue weighted by atomic mass is 16.6. The molecule has 272 valence electrons. The van der Waals surface area contributed by atoms with Crippen LogP contribution in [0, 0.1) is 0 Å². The minimum atomic E-state index is 0.543.